The van der Waals surface area contributed by atoms with Gasteiger partial charge in [-0.1, -0.05) is 6.07 Å². The molecule has 0 amide bonds. The van der Waals surface area contributed by atoms with Crippen molar-refractivity contribution in [2.75, 3.05) is 32.7 Å². The minimum Gasteiger partial charge on any atom is -0.493 e. The van der Waals surface area contributed by atoms with Gasteiger partial charge in [-0.25, -0.2) is 0 Å². The minimum atomic E-state index is 0.776. The fourth-order valence-corrected chi connectivity index (χ4v) is 2.66. The van der Waals surface area contributed by atoms with Gasteiger partial charge in [0.1, 0.15) is 0 Å². The molecular formula is C15H19NO2S. The normalized spacial score (nSPS) is 10.3. The van der Waals surface area contributed by atoms with Crippen LogP contribution in [0.4, 0.5) is 5.00 Å². The summed E-state index contributed by atoms with van der Waals surface area (Å²) >= 11 is 1.76. The van der Waals surface area contributed by atoms with Crippen LogP contribution in [-0.2, 0) is 6.42 Å². The lowest BCUT2D eigenvalue weighted by Crippen LogP contribution is -2.19. The maximum Gasteiger partial charge on any atom is 0.160 e. The van der Waals surface area contributed by atoms with Gasteiger partial charge in [-0.3, -0.25) is 0 Å². The second-order valence-electron chi connectivity index (χ2n) is 4.31. The Bertz CT molecular complexity index is 511. The van der Waals surface area contributed by atoms with Crippen molar-refractivity contribution in [3.05, 3.63) is 41.3 Å². The average molecular weight is 277 g/mol. The number of likely N-dealkylation sites (N-methyl/N-ethyl adjacent to an activating group) is 1. The van der Waals surface area contributed by atoms with E-state index in [-0.39, 0.29) is 0 Å². The molecule has 1 aromatic carbocycles. The summed E-state index contributed by atoms with van der Waals surface area (Å²) in [6.45, 7) is 0.982. The zero-order chi connectivity index (χ0) is 13.7. The zero-order valence-electron chi connectivity index (χ0n) is 11.6. The van der Waals surface area contributed by atoms with E-state index in [0.717, 1.165) is 24.5 Å². The molecular weight excluding hydrogens is 258 g/mol. The molecule has 4 heteroatoms. The van der Waals surface area contributed by atoms with Gasteiger partial charge < -0.3 is 14.4 Å². The standard InChI is InChI=1S/C15H19NO2S/c1-16(15-5-4-10-19-15)9-8-12-6-7-13(17-2)14(11-12)18-3/h4-7,10-11H,8-9H2,1-3H3. The first-order valence-electron chi connectivity index (χ1n) is 6.20. The number of hydrogen-bond donors (Lipinski definition) is 0. The van der Waals surface area contributed by atoms with Crippen molar-refractivity contribution < 1.29 is 9.47 Å². The predicted molar refractivity (Wildman–Crippen MR) is 80.8 cm³/mol. The lowest BCUT2D eigenvalue weighted by atomic mass is 10.1. The SMILES string of the molecule is COc1ccc(CCN(C)c2cccs2)cc1OC. The van der Waals surface area contributed by atoms with Gasteiger partial charge in [-0.2, -0.15) is 0 Å². The van der Waals surface area contributed by atoms with E-state index in [1.165, 1.54) is 10.6 Å². The third kappa shape index (κ3) is 3.41. The number of benzene rings is 1. The maximum absolute atomic E-state index is 5.32. The summed E-state index contributed by atoms with van der Waals surface area (Å²) in [7, 11) is 5.44. The lowest BCUT2D eigenvalue weighted by Gasteiger charge is -2.17. The van der Waals surface area contributed by atoms with Gasteiger partial charge in [-0.15, -0.1) is 11.3 Å². The molecule has 0 radical (unpaired) electrons. The van der Waals surface area contributed by atoms with Crippen LogP contribution in [0.5, 0.6) is 11.5 Å². The van der Waals surface area contributed by atoms with E-state index < -0.39 is 0 Å². The van der Waals surface area contributed by atoms with Gasteiger partial charge in [0.05, 0.1) is 19.2 Å². The number of hydrogen-bond acceptors (Lipinski definition) is 4. The van der Waals surface area contributed by atoms with Crippen molar-refractivity contribution in [1.82, 2.24) is 0 Å². The van der Waals surface area contributed by atoms with Gasteiger partial charge >= 0.3 is 0 Å². The molecule has 0 aliphatic heterocycles. The van der Waals surface area contributed by atoms with E-state index in [4.69, 9.17) is 9.47 Å². The first-order chi connectivity index (χ1) is 9.24. The Hall–Kier alpha value is -1.68. The molecule has 1 heterocycles. The topological polar surface area (TPSA) is 21.7 Å². The quantitative estimate of drug-likeness (QED) is 0.807. The Labute approximate surface area is 118 Å². The minimum absolute atomic E-state index is 0.776. The van der Waals surface area contributed by atoms with Crippen LogP contribution >= 0.6 is 11.3 Å². The Morgan fingerprint density at radius 2 is 1.89 bits per heavy atom. The van der Waals surface area contributed by atoms with E-state index in [9.17, 15) is 0 Å². The highest BCUT2D eigenvalue weighted by atomic mass is 32.1. The van der Waals surface area contributed by atoms with Crippen molar-refractivity contribution in [2.45, 2.75) is 6.42 Å². The molecule has 102 valence electrons. The number of nitrogens with zero attached hydrogens (tertiary/aromatic N) is 1. The fourth-order valence-electron chi connectivity index (χ4n) is 1.93. The van der Waals surface area contributed by atoms with Crippen LogP contribution in [0.3, 0.4) is 0 Å². The van der Waals surface area contributed by atoms with Crippen molar-refractivity contribution >= 4 is 16.3 Å². The number of rotatable bonds is 6. The molecule has 1 aromatic heterocycles. The molecule has 0 saturated carbocycles. The molecule has 0 unspecified atom stereocenters. The average Bonchev–Trinajstić information content (AvgIpc) is 2.98. The van der Waals surface area contributed by atoms with Crippen molar-refractivity contribution in [2.24, 2.45) is 0 Å². The molecule has 0 spiro atoms. The van der Waals surface area contributed by atoms with Crippen LogP contribution < -0.4 is 14.4 Å². The largest absolute Gasteiger partial charge is 0.493 e. The van der Waals surface area contributed by atoms with Gasteiger partial charge in [0, 0.05) is 13.6 Å². The number of thiophene rings is 1. The van der Waals surface area contributed by atoms with Gasteiger partial charge in [0.15, 0.2) is 11.5 Å². The third-order valence-corrected chi connectivity index (χ3v) is 4.05. The summed E-state index contributed by atoms with van der Waals surface area (Å²) in [6, 6.07) is 10.3. The van der Waals surface area contributed by atoms with Crippen LogP contribution in [0.1, 0.15) is 5.56 Å². The molecule has 3 nitrogen and oxygen atoms in total. The Balaban J connectivity index is 1.99. The van der Waals surface area contributed by atoms with Crippen molar-refractivity contribution in [3.8, 4) is 11.5 Å². The monoisotopic (exact) mass is 277 g/mol. The third-order valence-electron chi connectivity index (χ3n) is 3.07. The molecule has 2 rings (SSSR count). The summed E-state index contributed by atoms with van der Waals surface area (Å²) in [5, 5.41) is 3.39. The summed E-state index contributed by atoms with van der Waals surface area (Å²) in [4.78, 5) is 2.27. The highest BCUT2D eigenvalue weighted by molar-refractivity contribution is 7.14. The lowest BCUT2D eigenvalue weighted by molar-refractivity contribution is 0.354. The summed E-state index contributed by atoms with van der Waals surface area (Å²) in [5.74, 6) is 1.57. The highest BCUT2D eigenvalue weighted by Crippen LogP contribution is 2.28. The van der Waals surface area contributed by atoms with Crippen LogP contribution in [0.2, 0.25) is 0 Å². The van der Waals surface area contributed by atoms with Crippen molar-refractivity contribution in [3.63, 3.8) is 0 Å². The predicted octanol–water partition coefficient (Wildman–Crippen LogP) is 3.44. The molecule has 0 saturated heterocycles. The number of anilines is 1. The van der Waals surface area contributed by atoms with E-state index in [0.29, 0.717) is 0 Å². The van der Waals surface area contributed by atoms with Crippen molar-refractivity contribution in [1.29, 1.82) is 0 Å². The second kappa shape index (κ2) is 6.48. The highest BCUT2D eigenvalue weighted by Gasteiger charge is 2.06. The summed E-state index contributed by atoms with van der Waals surface area (Å²) in [5.41, 5.74) is 1.25. The summed E-state index contributed by atoms with van der Waals surface area (Å²) < 4.78 is 10.6. The Kier molecular flexibility index (Phi) is 4.68. The molecule has 0 fully saturated rings. The van der Waals surface area contributed by atoms with E-state index in [1.54, 1.807) is 25.6 Å². The molecule has 0 N–H and O–H groups in total. The van der Waals surface area contributed by atoms with Crippen LogP contribution in [-0.4, -0.2) is 27.8 Å². The van der Waals surface area contributed by atoms with Crippen LogP contribution in [0.25, 0.3) is 0 Å². The summed E-state index contributed by atoms with van der Waals surface area (Å²) in [6.07, 6.45) is 0.981. The van der Waals surface area contributed by atoms with E-state index >= 15 is 0 Å². The molecule has 0 bridgehead atoms. The van der Waals surface area contributed by atoms with Gasteiger partial charge in [0.2, 0.25) is 0 Å². The Morgan fingerprint density at radius 3 is 2.53 bits per heavy atom. The first kappa shape index (κ1) is 13.7. The molecule has 0 aliphatic rings. The first-order valence-corrected chi connectivity index (χ1v) is 7.08. The second-order valence-corrected chi connectivity index (χ2v) is 5.24. The Morgan fingerprint density at radius 1 is 1.11 bits per heavy atom. The van der Waals surface area contributed by atoms with Crippen LogP contribution in [0.15, 0.2) is 35.7 Å². The number of methoxy groups -OCH3 is 2. The smallest absolute Gasteiger partial charge is 0.160 e. The molecule has 19 heavy (non-hydrogen) atoms. The molecule has 2 aromatic rings. The van der Waals surface area contributed by atoms with E-state index in [1.807, 2.05) is 12.1 Å². The fraction of sp³-hybridized carbons (Fsp3) is 0.333. The van der Waals surface area contributed by atoms with Gasteiger partial charge in [0.25, 0.3) is 0 Å². The van der Waals surface area contributed by atoms with E-state index in [2.05, 4.69) is 35.5 Å². The number of ether oxygens (including phenoxy) is 2. The van der Waals surface area contributed by atoms with Gasteiger partial charge in [-0.05, 0) is 41.6 Å². The van der Waals surface area contributed by atoms with Crippen LogP contribution in [0, 0.1) is 0 Å². The molecule has 0 aliphatic carbocycles. The zero-order valence-corrected chi connectivity index (χ0v) is 12.4. The maximum atomic E-state index is 5.32. The molecule has 0 atom stereocenters.